The summed E-state index contributed by atoms with van der Waals surface area (Å²) >= 11 is 0. The minimum atomic E-state index is -0.0863. The summed E-state index contributed by atoms with van der Waals surface area (Å²) in [6, 6.07) is 16.9. The number of ether oxygens (including phenoxy) is 1. The summed E-state index contributed by atoms with van der Waals surface area (Å²) < 4.78 is 7.09. The van der Waals surface area contributed by atoms with E-state index in [1.165, 1.54) is 0 Å². The number of hydrogen-bond donors (Lipinski definition) is 0. The van der Waals surface area contributed by atoms with Crippen LogP contribution < -0.4 is 10.3 Å². The molecule has 0 amide bonds. The lowest BCUT2D eigenvalue weighted by atomic mass is 10.1. The van der Waals surface area contributed by atoms with Gasteiger partial charge in [0.05, 0.1) is 30.2 Å². The van der Waals surface area contributed by atoms with Crippen LogP contribution in [0.1, 0.15) is 18.1 Å². The van der Waals surface area contributed by atoms with Crippen molar-refractivity contribution in [2.24, 2.45) is 0 Å². The predicted octanol–water partition coefficient (Wildman–Crippen LogP) is 3.32. The number of nitriles is 1. The highest BCUT2D eigenvalue weighted by Crippen LogP contribution is 2.18. The average Bonchev–Trinajstić information content (AvgIpc) is 2.58. The van der Waals surface area contributed by atoms with E-state index in [-0.39, 0.29) is 5.56 Å². The van der Waals surface area contributed by atoms with Gasteiger partial charge in [0.1, 0.15) is 5.75 Å². The third-order valence-electron chi connectivity index (χ3n) is 3.74. The zero-order valence-electron chi connectivity index (χ0n) is 12.8. The molecular formula is C19H16N2O2. The van der Waals surface area contributed by atoms with Crippen molar-refractivity contribution in [2.45, 2.75) is 13.5 Å². The van der Waals surface area contributed by atoms with Crippen molar-refractivity contribution >= 4 is 10.8 Å². The Labute approximate surface area is 134 Å². The van der Waals surface area contributed by atoms with Crippen molar-refractivity contribution in [3.8, 4) is 11.8 Å². The molecule has 3 aromatic rings. The van der Waals surface area contributed by atoms with Gasteiger partial charge >= 0.3 is 0 Å². The fourth-order valence-corrected chi connectivity index (χ4v) is 2.59. The van der Waals surface area contributed by atoms with Gasteiger partial charge in [-0.05, 0) is 42.1 Å². The van der Waals surface area contributed by atoms with Crippen molar-refractivity contribution < 1.29 is 4.74 Å². The second kappa shape index (κ2) is 6.37. The Morgan fingerprint density at radius 2 is 2.00 bits per heavy atom. The fraction of sp³-hybridized carbons (Fsp3) is 0.158. The van der Waals surface area contributed by atoms with Crippen molar-refractivity contribution in [2.75, 3.05) is 6.61 Å². The number of pyridine rings is 1. The van der Waals surface area contributed by atoms with Crippen molar-refractivity contribution in [1.29, 1.82) is 5.26 Å². The van der Waals surface area contributed by atoms with Gasteiger partial charge in [-0.1, -0.05) is 24.3 Å². The molecule has 0 bridgehead atoms. The molecule has 0 saturated heterocycles. The summed E-state index contributed by atoms with van der Waals surface area (Å²) in [5, 5.41) is 10.7. The molecule has 1 aromatic heterocycles. The summed E-state index contributed by atoms with van der Waals surface area (Å²) in [6.45, 7) is 2.84. The van der Waals surface area contributed by atoms with Crippen LogP contribution in [0.5, 0.6) is 5.75 Å². The average molecular weight is 304 g/mol. The van der Waals surface area contributed by atoms with E-state index < -0.39 is 0 Å². The normalized spacial score (nSPS) is 10.4. The minimum absolute atomic E-state index is 0.0863. The number of fused-ring (bicyclic) bond motifs is 1. The van der Waals surface area contributed by atoms with Gasteiger partial charge in [0.15, 0.2) is 0 Å². The van der Waals surface area contributed by atoms with Crippen molar-refractivity contribution in [1.82, 2.24) is 4.57 Å². The van der Waals surface area contributed by atoms with Gasteiger partial charge in [-0.3, -0.25) is 4.79 Å². The first kappa shape index (κ1) is 14.9. The van der Waals surface area contributed by atoms with Gasteiger partial charge in [-0.2, -0.15) is 5.26 Å². The summed E-state index contributed by atoms with van der Waals surface area (Å²) in [5.41, 5.74) is 1.33. The maximum absolute atomic E-state index is 12.7. The minimum Gasteiger partial charge on any atom is -0.494 e. The monoisotopic (exact) mass is 304 g/mol. The molecule has 0 saturated carbocycles. The van der Waals surface area contributed by atoms with Crippen LogP contribution in [0.2, 0.25) is 0 Å². The molecule has 4 heteroatoms. The Morgan fingerprint density at radius 1 is 1.17 bits per heavy atom. The molecule has 0 atom stereocenters. The number of rotatable bonds is 4. The lowest BCUT2D eigenvalue weighted by Crippen LogP contribution is -2.20. The van der Waals surface area contributed by atoms with Gasteiger partial charge in [0, 0.05) is 6.20 Å². The van der Waals surface area contributed by atoms with E-state index >= 15 is 0 Å². The molecule has 0 spiro atoms. The standard InChI is InChI=1S/C19H16N2O2/c1-2-23-17-8-7-14-9-10-21(19(22)18(14)11-17)13-16-6-4-3-5-15(16)12-20/h3-11H,2,13H2,1H3. The van der Waals surface area contributed by atoms with E-state index in [0.29, 0.717) is 29.9 Å². The highest BCUT2D eigenvalue weighted by Gasteiger charge is 2.07. The van der Waals surface area contributed by atoms with E-state index in [1.807, 2.05) is 43.3 Å². The zero-order valence-corrected chi connectivity index (χ0v) is 12.8. The maximum atomic E-state index is 12.7. The molecule has 23 heavy (non-hydrogen) atoms. The van der Waals surface area contributed by atoms with Crippen LogP contribution in [0.25, 0.3) is 10.8 Å². The fourth-order valence-electron chi connectivity index (χ4n) is 2.59. The van der Waals surface area contributed by atoms with Crippen LogP contribution in [0.15, 0.2) is 59.5 Å². The van der Waals surface area contributed by atoms with Crippen molar-refractivity contribution in [3.63, 3.8) is 0 Å². The summed E-state index contributed by atoms with van der Waals surface area (Å²) in [6.07, 6.45) is 1.76. The largest absolute Gasteiger partial charge is 0.494 e. The van der Waals surface area contributed by atoms with E-state index in [2.05, 4.69) is 6.07 Å². The van der Waals surface area contributed by atoms with Gasteiger partial charge in [0.25, 0.3) is 5.56 Å². The Morgan fingerprint density at radius 3 is 2.78 bits per heavy atom. The van der Waals surface area contributed by atoms with Gasteiger partial charge in [0.2, 0.25) is 0 Å². The number of aromatic nitrogens is 1. The van der Waals surface area contributed by atoms with Crippen LogP contribution >= 0.6 is 0 Å². The lowest BCUT2D eigenvalue weighted by Gasteiger charge is -2.10. The van der Waals surface area contributed by atoms with Crippen LogP contribution in [0, 0.1) is 11.3 Å². The molecule has 0 fully saturated rings. The Hall–Kier alpha value is -3.06. The first-order valence-electron chi connectivity index (χ1n) is 7.47. The van der Waals surface area contributed by atoms with Gasteiger partial charge < -0.3 is 9.30 Å². The van der Waals surface area contributed by atoms with E-state index in [9.17, 15) is 10.1 Å². The Bertz CT molecular complexity index is 951. The summed E-state index contributed by atoms with van der Waals surface area (Å²) in [7, 11) is 0. The smallest absolute Gasteiger partial charge is 0.258 e. The number of benzene rings is 2. The van der Waals surface area contributed by atoms with E-state index in [1.54, 1.807) is 22.9 Å². The van der Waals surface area contributed by atoms with Crippen LogP contribution in [-0.2, 0) is 6.54 Å². The molecule has 4 nitrogen and oxygen atoms in total. The molecular weight excluding hydrogens is 288 g/mol. The zero-order chi connectivity index (χ0) is 16.2. The highest BCUT2D eigenvalue weighted by atomic mass is 16.5. The third kappa shape index (κ3) is 2.95. The molecule has 2 aromatic carbocycles. The Kier molecular flexibility index (Phi) is 4.11. The third-order valence-corrected chi connectivity index (χ3v) is 3.74. The summed E-state index contributed by atoms with van der Waals surface area (Å²) in [5.74, 6) is 0.687. The van der Waals surface area contributed by atoms with E-state index in [4.69, 9.17) is 4.74 Å². The SMILES string of the molecule is CCOc1ccc2ccn(Cc3ccccc3C#N)c(=O)c2c1. The lowest BCUT2D eigenvalue weighted by molar-refractivity contribution is 0.340. The molecule has 114 valence electrons. The number of nitrogens with zero attached hydrogens (tertiary/aromatic N) is 2. The highest BCUT2D eigenvalue weighted by molar-refractivity contribution is 5.82. The van der Waals surface area contributed by atoms with Gasteiger partial charge in [-0.15, -0.1) is 0 Å². The molecule has 1 heterocycles. The predicted molar refractivity (Wildman–Crippen MR) is 89.6 cm³/mol. The topological polar surface area (TPSA) is 55.0 Å². The molecule has 0 N–H and O–H groups in total. The van der Waals surface area contributed by atoms with Crippen molar-refractivity contribution in [3.05, 3.63) is 76.2 Å². The van der Waals surface area contributed by atoms with Crippen LogP contribution in [0.4, 0.5) is 0 Å². The number of hydrogen-bond acceptors (Lipinski definition) is 3. The second-order valence-corrected chi connectivity index (χ2v) is 5.20. The van der Waals surface area contributed by atoms with Crippen LogP contribution in [-0.4, -0.2) is 11.2 Å². The Balaban J connectivity index is 2.06. The molecule has 0 aliphatic carbocycles. The maximum Gasteiger partial charge on any atom is 0.258 e. The van der Waals surface area contributed by atoms with E-state index in [0.717, 1.165) is 10.9 Å². The molecule has 0 unspecified atom stereocenters. The first-order valence-corrected chi connectivity index (χ1v) is 7.47. The summed E-state index contributed by atoms with van der Waals surface area (Å²) in [4.78, 5) is 12.7. The van der Waals surface area contributed by atoms with Crippen LogP contribution in [0.3, 0.4) is 0 Å². The second-order valence-electron chi connectivity index (χ2n) is 5.20. The van der Waals surface area contributed by atoms with Gasteiger partial charge in [-0.25, -0.2) is 0 Å². The first-order chi connectivity index (χ1) is 11.2. The quantitative estimate of drug-likeness (QED) is 0.743. The molecule has 3 rings (SSSR count). The molecule has 0 radical (unpaired) electrons. The molecule has 0 aliphatic rings. The molecule has 0 aliphatic heterocycles.